The summed E-state index contributed by atoms with van der Waals surface area (Å²) < 4.78 is 67.8. The maximum absolute atomic E-state index is 13.6. The van der Waals surface area contributed by atoms with Gasteiger partial charge in [0.2, 0.25) is 0 Å². The maximum atomic E-state index is 13.6. The zero-order valence-corrected chi connectivity index (χ0v) is 14.7. The summed E-state index contributed by atoms with van der Waals surface area (Å²) in [6.07, 6.45) is -2.45. The van der Waals surface area contributed by atoms with Gasteiger partial charge in [0.1, 0.15) is 18.7 Å². The van der Waals surface area contributed by atoms with E-state index in [1.54, 1.807) is 0 Å². The molecule has 12 heteroatoms. The van der Waals surface area contributed by atoms with Gasteiger partial charge in [-0.1, -0.05) is 23.7 Å². The van der Waals surface area contributed by atoms with Crippen molar-refractivity contribution in [3.05, 3.63) is 53.6 Å². The summed E-state index contributed by atoms with van der Waals surface area (Å²) in [5, 5.41) is 6.91. The van der Waals surface area contributed by atoms with Crippen LogP contribution >= 0.6 is 11.6 Å². The number of nitrogens with zero attached hydrogens (tertiary/aromatic N) is 5. The summed E-state index contributed by atoms with van der Waals surface area (Å²) >= 11 is 5.70. The molecule has 3 rings (SSSR count). The van der Waals surface area contributed by atoms with Crippen molar-refractivity contribution in [3.63, 3.8) is 0 Å². The Morgan fingerprint density at radius 2 is 1.85 bits per heavy atom. The normalized spacial score (nSPS) is 14.1. The molecular weight excluding hydrogens is 395 g/mol. The van der Waals surface area contributed by atoms with Gasteiger partial charge in [0.25, 0.3) is 10.0 Å². The zero-order chi connectivity index (χ0) is 19.1. The highest BCUT2D eigenvalue weighted by Crippen LogP contribution is 2.39. The molecule has 138 valence electrons. The van der Waals surface area contributed by atoms with Crippen molar-refractivity contribution in [1.29, 1.82) is 0 Å². The number of fused-ring (bicyclic) bond motifs is 1. The van der Waals surface area contributed by atoms with Crippen LogP contribution in [0.3, 0.4) is 0 Å². The Kier molecular flexibility index (Phi) is 4.63. The van der Waals surface area contributed by atoms with Crippen molar-refractivity contribution in [3.8, 4) is 0 Å². The lowest BCUT2D eigenvalue weighted by molar-refractivity contribution is -0.171. The highest BCUT2D eigenvalue weighted by atomic mass is 35.5. The Morgan fingerprint density at radius 1 is 1.19 bits per heavy atom. The fraction of sp³-hybridized carbons (Fsp3) is 0.214. The molecule has 7 nitrogen and oxygen atoms in total. The SMILES string of the molecule is CN([C@H](c1ccc(Cl)cc1)C(F)(F)F)S(=O)(=O)c1cc2nncn2cn1. The molecule has 0 unspecified atom stereocenters. The molecule has 1 aromatic carbocycles. The number of rotatable bonds is 4. The lowest BCUT2D eigenvalue weighted by Crippen LogP contribution is -2.40. The molecule has 0 fully saturated rings. The van der Waals surface area contributed by atoms with E-state index in [9.17, 15) is 21.6 Å². The van der Waals surface area contributed by atoms with Crippen LogP contribution in [0.15, 0.2) is 48.0 Å². The second-order valence-corrected chi connectivity index (χ2v) is 7.72. The van der Waals surface area contributed by atoms with Gasteiger partial charge in [-0.05, 0) is 17.7 Å². The van der Waals surface area contributed by atoms with Gasteiger partial charge < -0.3 is 0 Å². The minimum Gasteiger partial charge on any atom is -0.272 e. The Bertz CT molecular complexity index is 1040. The van der Waals surface area contributed by atoms with Crippen molar-refractivity contribution >= 4 is 27.3 Å². The van der Waals surface area contributed by atoms with Crippen LogP contribution in [0, 0.1) is 0 Å². The first-order valence-electron chi connectivity index (χ1n) is 7.06. The third-order valence-corrected chi connectivity index (χ3v) is 5.64. The Morgan fingerprint density at radius 3 is 2.46 bits per heavy atom. The molecule has 1 atom stereocenters. The third-order valence-electron chi connectivity index (χ3n) is 3.67. The van der Waals surface area contributed by atoms with Gasteiger partial charge in [0.15, 0.2) is 10.7 Å². The molecule has 0 spiro atoms. The van der Waals surface area contributed by atoms with Crippen molar-refractivity contribution in [1.82, 2.24) is 23.9 Å². The van der Waals surface area contributed by atoms with Gasteiger partial charge in [-0.25, -0.2) is 13.4 Å². The van der Waals surface area contributed by atoms with Crippen LogP contribution in [0.25, 0.3) is 5.65 Å². The van der Waals surface area contributed by atoms with Gasteiger partial charge in [-0.2, -0.15) is 17.5 Å². The molecule has 0 amide bonds. The summed E-state index contributed by atoms with van der Waals surface area (Å²) in [5.41, 5.74) is -0.126. The number of hydrogen-bond donors (Lipinski definition) is 0. The van der Waals surface area contributed by atoms with E-state index in [2.05, 4.69) is 15.2 Å². The lowest BCUT2D eigenvalue weighted by atomic mass is 10.1. The Hall–Kier alpha value is -2.24. The quantitative estimate of drug-likeness (QED) is 0.623. The van der Waals surface area contributed by atoms with Gasteiger partial charge in [-0.3, -0.25) is 4.40 Å². The largest absolute Gasteiger partial charge is 0.409 e. The summed E-state index contributed by atoms with van der Waals surface area (Å²) in [6, 6.07) is 3.42. The van der Waals surface area contributed by atoms with Crippen LogP contribution in [-0.2, 0) is 10.0 Å². The predicted molar refractivity (Wildman–Crippen MR) is 86.0 cm³/mol. The first-order valence-corrected chi connectivity index (χ1v) is 8.88. The summed E-state index contributed by atoms with van der Waals surface area (Å²) in [6.45, 7) is 0. The van der Waals surface area contributed by atoms with Crippen LogP contribution in [0.2, 0.25) is 5.02 Å². The third kappa shape index (κ3) is 3.37. The van der Waals surface area contributed by atoms with Crippen molar-refractivity contribution in [2.75, 3.05) is 7.05 Å². The molecule has 2 aromatic heterocycles. The van der Waals surface area contributed by atoms with E-state index in [-0.39, 0.29) is 20.5 Å². The fourth-order valence-corrected chi connectivity index (χ4v) is 3.76. The number of alkyl halides is 3. The van der Waals surface area contributed by atoms with Gasteiger partial charge in [-0.15, -0.1) is 10.2 Å². The van der Waals surface area contributed by atoms with Crippen molar-refractivity contribution in [2.45, 2.75) is 17.2 Å². The maximum Gasteiger partial charge on any atom is 0.409 e. The minimum atomic E-state index is -4.85. The van der Waals surface area contributed by atoms with Crippen molar-refractivity contribution < 1.29 is 21.6 Å². The highest BCUT2D eigenvalue weighted by molar-refractivity contribution is 7.89. The van der Waals surface area contributed by atoms with Crippen molar-refractivity contribution in [2.24, 2.45) is 0 Å². The van der Waals surface area contributed by atoms with Crippen LogP contribution in [-0.4, -0.2) is 45.5 Å². The minimum absolute atomic E-state index is 0.141. The first-order chi connectivity index (χ1) is 12.1. The molecule has 0 aliphatic rings. The average Bonchev–Trinajstić information content (AvgIpc) is 3.03. The number of benzene rings is 1. The molecule has 0 bridgehead atoms. The van der Waals surface area contributed by atoms with E-state index in [0.717, 1.165) is 31.6 Å². The van der Waals surface area contributed by atoms with E-state index >= 15 is 0 Å². The summed E-state index contributed by atoms with van der Waals surface area (Å²) in [4.78, 5) is 3.71. The van der Waals surface area contributed by atoms with E-state index in [4.69, 9.17) is 11.6 Å². The molecule has 0 radical (unpaired) electrons. The van der Waals surface area contributed by atoms with Crippen LogP contribution < -0.4 is 0 Å². The zero-order valence-electron chi connectivity index (χ0n) is 13.1. The Balaban J connectivity index is 2.07. The number of aromatic nitrogens is 4. The molecule has 0 N–H and O–H groups in total. The summed E-state index contributed by atoms with van der Waals surface area (Å²) in [5.74, 6) is 0. The second kappa shape index (κ2) is 6.49. The smallest absolute Gasteiger partial charge is 0.272 e. The molecule has 0 saturated carbocycles. The van der Waals surface area contributed by atoms with E-state index in [1.165, 1.54) is 22.9 Å². The summed E-state index contributed by atoms with van der Waals surface area (Å²) in [7, 11) is -3.72. The molecule has 2 heterocycles. The molecule has 0 aliphatic heterocycles. The second-order valence-electron chi connectivity index (χ2n) is 5.34. The van der Waals surface area contributed by atoms with Gasteiger partial charge in [0.05, 0.1) is 0 Å². The first kappa shape index (κ1) is 18.5. The standard InChI is InChI=1S/C14H11ClF3N5O2S/c1-22(13(14(16,17)18)9-2-4-10(15)5-3-9)26(24,25)12-6-11-21-20-8-23(11)7-19-12/h2-8,13H,1H3/t13-/m1/s1. The van der Waals surface area contributed by atoms with E-state index in [1.807, 2.05) is 0 Å². The molecule has 3 aromatic rings. The van der Waals surface area contributed by atoms with E-state index in [0.29, 0.717) is 0 Å². The molecular formula is C14H11ClF3N5O2S. The fourth-order valence-electron chi connectivity index (χ4n) is 2.39. The molecule has 26 heavy (non-hydrogen) atoms. The van der Waals surface area contributed by atoms with Gasteiger partial charge >= 0.3 is 6.18 Å². The number of sulfonamides is 1. The Labute approximate surface area is 151 Å². The lowest BCUT2D eigenvalue weighted by Gasteiger charge is -2.29. The number of hydrogen-bond acceptors (Lipinski definition) is 5. The molecule has 0 aliphatic carbocycles. The molecule has 0 saturated heterocycles. The topological polar surface area (TPSA) is 80.5 Å². The van der Waals surface area contributed by atoms with E-state index < -0.39 is 27.3 Å². The number of halogens is 4. The highest BCUT2D eigenvalue weighted by Gasteiger charge is 2.48. The van der Waals surface area contributed by atoms with Crippen LogP contribution in [0.1, 0.15) is 11.6 Å². The van der Waals surface area contributed by atoms with Gasteiger partial charge in [0, 0.05) is 18.1 Å². The predicted octanol–water partition coefficient (Wildman–Crippen LogP) is 2.70. The van der Waals surface area contributed by atoms with Crippen LogP contribution in [0.4, 0.5) is 13.2 Å². The van der Waals surface area contributed by atoms with Crippen LogP contribution in [0.5, 0.6) is 0 Å². The monoisotopic (exact) mass is 405 g/mol. The average molecular weight is 406 g/mol.